The maximum atomic E-state index is 12.6. The van der Waals surface area contributed by atoms with Crippen molar-refractivity contribution in [2.75, 3.05) is 18.0 Å². The second-order valence-corrected chi connectivity index (χ2v) is 8.90. The number of anilines is 1. The number of allylic oxidation sites excluding steroid dienone is 2. The number of nitrogens with zero attached hydrogens (tertiary/aromatic N) is 1. The van der Waals surface area contributed by atoms with Crippen LogP contribution in [0.15, 0.2) is 40.4 Å². The molecule has 9 nitrogen and oxygen atoms in total. The molecule has 0 saturated carbocycles. The van der Waals surface area contributed by atoms with Crippen LogP contribution in [0.3, 0.4) is 0 Å². The molecule has 0 radical (unpaired) electrons. The molecule has 1 saturated heterocycles. The number of aromatic hydroxyl groups is 1. The maximum Gasteiger partial charge on any atom is 0.256 e. The Labute approximate surface area is 183 Å². The highest BCUT2D eigenvalue weighted by Crippen LogP contribution is 2.52. The van der Waals surface area contributed by atoms with Gasteiger partial charge in [0.2, 0.25) is 0 Å². The third kappa shape index (κ3) is 2.67. The smallest absolute Gasteiger partial charge is 0.256 e. The van der Waals surface area contributed by atoms with Gasteiger partial charge in [-0.05, 0) is 49.3 Å². The van der Waals surface area contributed by atoms with Gasteiger partial charge in [0, 0.05) is 35.8 Å². The average Bonchev–Trinajstić information content (AvgIpc) is 3.26. The van der Waals surface area contributed by atoms with Crippen LogP contribution >= 0.6 is 0 Å². The first kappa shape index (κ1) is 20.4. The molecular weight excluding hydrogens is 414 g/mol. The predicted octanol–water partition coefficient (Wildman–Crippen LogP) is 1.47. The Kier molecular flexibility index (Phi) is 4.49. The number of phenols is 1. The van der Waals surface area contributed by atoms with Crippen molar-refractivity contribution >= 4 is 23.1 Å². The summed E-state index contributed by atoms with van der Waals surface area (Å²) in [6.07, 6.45) is 2.81. The van der Waals surface area contributed by atoms with Crippen LogP contribution in [0.2, 0.25) is 0 Å². The van der Waals surface area contributed by atoms with Crippen molar-refractivity contribution in [3.05, 3.63) is 51.5 Å². The third-order valence-electron chi connectivity index (χ3n) is 7.20. The van der Waals surface area contributed by atoms with Gasteiger partial charge in [0.25, 0.3) is 5.91 Å². The molecule has 168 valence electrons. The van der Waals surface area contributed by atoms with Crippen LogP contribution in [0.5, 0.6) is 5.75 Å². The third-order valence-corrected chi connectivity index (χ3v) is 7.20. The number of amides is 1. The van der Waals surface area contributed by atoms with Crippen molar-refractivity contribution in [1.29, 1.82) is 0 Å². The highest BCUT2D eigenvalue weighted by Gasteiger charge is 2.49. The van der Waals surface area contributed by atoms with Crippen LogP contribution in [0.4, 0.5) is 5.69 Å². The highest BCUT2D eigenvalue weighted by molar-refractivity contribution is 6.22. The predicted molar refractivity (Wildman–Crippen MR) is 116 cm³/mol. The zero-order chi connectivity index (χ0) is 22.9. The number of nitrogens with two attached hydrogens (primary N) is 2. The summed E-state index contributed by atoms with van der Waals surface area (Å²) in [5, 5.41) is 43.4. The number of fused-ring (bicyclic) bond motifs is 3. The second kappa shape index (κ2) is 7.03. The van der Waals surface area contributed by atoms with Gasteiger partial charge in [0.05, 0.1) is 11.6 Å². The maximum absolute atomic E-state index is 12.6. The van der Waals surface area contributed by atoms with Crippen LogP contribution < -0.4 is 16.4 Å². The lowest BCUT2D eigenvalue weighted by molar-refractivity contribution is -0.123. The molecule has 0 bridgehead atoms. The largest absolute Gasteiger partial charge is 0.507 e. The van der Waals surface area contributed by atoms with Crippen LogP contribution in [0.1, 0.15) is 30.4 Å². The fraction of sp³-hybridized carbons (Fsp3) is 0.391. The van der Waals surface area contributed by atoms with Crippen LogP contribution in [0, 0.1) is 11.8 Å². The monoisotopic (exact) mass is 439 g/mol. The topological polar surface area (TPSA) is 170 Å². The SMILES string of the molecule is NC(=O)C1=C(O)C2=C(O)C3=C(O)c4c(O)ccc(N5CCCC5)c4CC3CC2[C@@H](N)C1=O. The van der Waals surface area contributed by atoms with Gasteiger partial charge < -0.3 is 36.8 Å². The summed E-state index contributed by atoms with van der Waals surface area (Å²) in [5.74, 6) is -4.55. The molecule has 1 aromatic carbocycles. The van der Waals surface area contributed by atoms with E-state index < -0.39 is 40.7 Å². The van der Waals surface area contributed by atoms with Crippen molar-refractivity contribution in [3.63, 3.8) is 0 Å². The van der Waals surface area contributed by atoms with Crippen molar-refractivity contribution in [1.82, 2.24) is 0 Å². The Hall–Kier alpha value is -3.46. The number of Topliss-reactive ketones (excluding diaryl/α,β-unsaturated/α-hetero) is 1. The van der Waals surface area contributed by atoms with Crippen molar-refractivity contribution in [3.8, 4) is 5.75 Å². The van der Waals surface area contributed by atoms with E-state index in [-0.39, 0.29) is 40.6 Å². The summed E-state index contributed by atoms with van der Waals surface area (Å²) in [7, 11) is 0. The number of hydrogen-bond donors (Lipinski definition) is 6. The molecule has 5 rings (SSSR count). The lowest BCUT2D eigenvalue weighted by atomic mass is 9.65. The van der Waals surface area contributed by atoms with E-state index >= 15 is 0 Å². The molecule has 32 heavy (non-hydrogen) atoms. The van der Waals surface area contributed by atoms with E-state index in [1.54, 1.807) is 0 Å². The fourth-order valence-electron chi connectivity index (χ4n) is 5.73. The molecule has 1 fully saturated rings. The van der Waals surface area contributed by atoms with Gasteiger partial charge >= 0.3 is 0 Å². The normalized spacial score (nSPS) is 27.5. The summed E-state index contributed by atoms with van der Waals surface area (Å²) >= 11 is 0. The fourth-order valence-corrected chi connectivity index (χ4v) is 5.73. The van der Waals surface area contributed by atoms with Gasteiger partial charge in [0.1, 0.15) is 28.6 Å². The van der Waals surface area contributed by atoms with E-state index in [0.29, 0.717) is 6.42 Å². The highest BCUT2D eigenvalue weighted by atomic mass is 16.3. The van der Waals surface area contributed by atoms with Crippen molar-refractivity contribution in [2.45, 2.75) is 31.7 Å². The molecule has 1 heterocycles. The molecule has 0 aromatic heterocycles. The summed E-state index contributed by atoms with van der Waals surface area (Å²) in [6, 6.07) is 2.21. The molecule has 8 N–H and O–H groups in total. The molecule has 1 aromatic rings. The van der Waals surface area contributed by atoms with E-state index in [1.807, 2.05) is 6.07 Å². The first-order valence-electron chi connectivity index (χ1n) is 10.7. The number of benzene rings is 1. The van der Waals surface area contributed by atoms with Crippen LogP contribution in [-0.2, 0) is 16.0 Å². The van der Waals surface area contributed by atoms with E-state index in [1.165, 1.54) is 6.07 Å². The zero-order valence-electron chi connectivity index (χ0n) is 17.3. The van der Waals surface area contributed by atoms with Gasteiger partial charge in [-0.2, -0.15) is 0 Å². The molecule has 2 unspecified atom stereocenters. The molecule has 1 amide bonds. The first-order chi connectivity index (χ1) is 15.2. The minimum atomic E-state index is -1.15. The molecule has 3 atom stereocenters. The van der Waals surface area contributed by atoms with Gasteiger partial charge in [-0.3, -0.25) is 9.59 Å². The summed E-state index contributed by atoms with van der Waals surface area (Å²) in [4.78, 5) is 26.5. The first-order valence-corrected chi connectivity index (χ1v) is 10.7. The summed E-state index contributed by atoms with van der Waals surface area (Å²) < 4.78 is 0. The quantitative estimate of drug-likeness (QED) is 0.376. The number of aliphatic hydroxyl groups excluding tert-OH is 3. The molecule has 0 spiro atoms. The van der Waals surface area contributed by atoms with Gasteiger partial charge in [-0.25, -0.2) is 0 Å². The van der Waals surface area contributed by atoms with Gasteiger partial charge in [-0.15, -0.1) is 0 Å². The number of hydrogen-bond acceptors (Lipinski definition) is 8. The number of carbonyl (C=O) groups is 2. The van der Waals surface area contributed by atoms with Gasteiger partial charge in [-0.1, -0.05) is 0 Å². The molecule has 9 heteroatoms. The zero-order valence-corrected chi connectivity index (χ0v) is 17.3. The number of primary amides is 1. The minimum Gasteiger partial charge on any atom is -0.507 e. The van der Waals surface area contributed by atoms with Crippen LogP contribution in [-0.4, -0.2) is 51.2 Å². The molecule has 4 aliphatic rings. The van der Waals surface area contributed by atoms with Crippen molar-refractivity contribution in [2.24, 2.45) is 23.3 Å². The van der Waals surface area contributed by atoms with Gasteiger partial charge in [0.15, 0.2) is 5.78 Å². The number of phenolic OH excluding ortho intramolecular Hbond substituents is 1. The lowest BCUT2D eigenvalue weighted by Gasteiger charge is -2.41. The van der Waals surface area contributed by atoms with E-state index in [0.717, 1.165) is 37.2 Å². The molecule has 3 aliphatic carbocycles. The van der Waals surface area contributed by atoms with E-state index in [4.69, 9.17) is 11.5 Å². The standard InChI is InChI=1S/C23H25N3O6/c24-18-11-8-9-7-10-12(26-5-1-2-6-26)3-4-13(27)15(10)19(28)14(9)20(29)16(11)21(30)17(22(18)31)23(25)32/h3-4,9,11,18,27-30H,1-2,5-8,24H2,(H2,25,32)/t9?,11?,18-/m1/s1. The Bertz CT molecular complexity index is 1160. The lowest BCUT2D eigenvalue weighted by Crippen LogP contribution is -2.49. The summed E-state index contributed by atoms with van der Waals surface area (Å²) in [5.41, 5.74) is 12.8. The number of aliphatic hydroxyl groups is 3. The Balaban J connectivity index is 1.73. The van der Waals surface area contributed by atoms with Crippen LogP contribution in [0.25, 0.3) is 5.76 Å². The average molecular weight is 439 g/mol. The number of rotatable bonds is 2. The summed E-state index contributed by atoms with van der Waals surface area (Å²) in [6.45, 7) is 1.76. The Morgan fingerprint density at radius 3 is 2.34 bits per heavy atom. The number of carbonyl (C=O) groups excluding carboxylic acids is 2. The Morgan fingerprint density at radius 1 is 1.00 bits per heavy atom. The molecule has 1 aliphatic heterocycles. The minimum absolute atomic E-state index is 0.0673. The van der Waals surface area contributed by atoms with Crippen molar-refractivity contribution < 1.29 is 30.0 Å². The second-order valence-electron chi connectivity index (χ2n) is 8.90. The Morgan fingerprint density at radius 2 is 1.69 bits per heavy atom. The van der Waals surface area contributed by atoms with E-state index in [9.17, 15) is 30.0 Å². The van der Waals surface area contributed by atoms with E-state index in [2.05, 4.69) is 4.90 Å². The molecular formula is C23H25N3O6. The number of ketones is 1.